The third-order valence-corrected chi connectivity index (χ3v) is 4.99. The first-order valence-corrected chi connectivity index (χ1v) is 9.53. The van der Waals surface area contributed by atoms with E-state index in [0.717, 1.165) is 12.0 Å². The van der Waals surface area contributed by atoms with Gasteiger partial charge in [0.25, 0.3) is 0 Å². The zero-order valence-corrected chi connectivity index (χ0v) is 16.3. The third-order valence-electron chi connectivity index (χ3n) is 4.14. The van der Waals surface area contributed by atoms with E-state index in [1.807, 2.05) is 12.1 Å². The minimum atomic E-state index is -0.0746. The van der Waals surface area contributed by atoms with Gasteiger partial charge in [0.1, 0.15) is 11.5 Å². The number of carbonyl (C=O) groups is 1. The number of nitrogens with zero attached hydrogens (tertiary/aromatic N) is 2. The number of rotatable bonds is 8. The first-order valence-electron chi connectivity index (χ1n) is 8.54. The summed E-state index contributed by atoms with van der Waals surface area (Å²) in [6.07, 6.45) is 0.994. The largest absolute Gasteiger partial charge is 0.497 e. The summed E-state index contributed by atoms with van der Waals surface area (Å²) >= 11 is 1.28. The fourth-order valence-corrected chi connectivity index (χ4v) is 3.26. The molecule has 0 fully saturated rings. The maximum Gasteiger partial charge on any atom is 0.209 e. The average molecular weight is 383 g/mol. The number of benzene rings is 2. The van der Waals surface area contributed by atoms with E-state index in [9.17, 15) is 4.79 Å². The number of H-pyrrole nitrogens is 1. The molecule has 0 amide bonds. The molecule has 0 aliphatic carbocycles. The van der Waals surface area contributed by atoms with Crippen molar-refractivity contribution in [1.82, 2.24) is 15.2 Å². The standard InChI is InChI=1S/C20H21N3O3S/c1-4-13-5-7-14(8-6-13)19-21-20(23-22-19)27-12-17(24)16-11-15(25-2)9-10-18(16)26-3/h5-11H,4,12H2,1-3H3,(H,21,22,23). The summed E-state index contributed by atoms with van der Waals surface area (Å²) in [4.78, 5) is 17.1. The molecule has 2 aromatic carbocycles. The summed E-state index contributed by atoms with van der Waals surface area (Å²) in [5, 5.41) is 7.65. The Morgan fingerprint density at radius 2 is 1.89 bits per heavy atom. The van der Waals surface area contributed by atoms with Crippen molar-refractivity contribution < 1.29 is 14.3 Å². The predicted octanol–water partition coefficient (Wildman–Crippen LogP) is 4.03. The third kappa shape index (κ3) is 4.49. The van der Waals surface area contributed by atoms with Crippen LogP contribution in [0.1, 0.15) is 22.8 Å². The molecule has 0 aliphatic rings. The van der Waals surface area contributed by atoms with Crippen LogP contribution in [0, 0.1) is 0 Å². The molecule has 0 unspecified atom stereocenters. The smallest absolute Gasteiger partial charge is 0.209 e. The molecule has 0 bridgehead atoms. The van der Waals surface area contributed by atoms with Gasteiger partial charge in [-0.15, -0.1) is 5.10 Å². The van der Waals surface area contributed by atoms with Gasteiger partial charge in [-0.25, -0.2) is 4.98 Å². The maximum atomic E-state index is 12.6. The number of aryl methyl sites for hydroxylation is 1. The number of ketones is 1. The highest BCUT2D eigenvalue weighted by atomic mass is 32.2. The van der Waals surface area contributed by atoms with Crippen molar-refractivity contribution in [2.75, 3.05) is 20.0 Å². The lowest BCUT2D eigenvalue weighted by atomic mass is 10.1. The van der Waals surface area contributed by atoms with Gasteiger partial charge in [-0.05, 0) is 30.2 Å². The van der Waals surface area contributed by atoms with Gasteiger partial charge < -0.3 is 9.47 Å². The topological polar surface area (TPSA) is 77.1 Å². The van der Waals surface area contributed by atoms with Crippen LogP contribution in [0.15, 0.2) is 47.6 Å². The molecule has 3 rings (SSSR count). The van der Waals surface area contributed by atoms with E-state index in [1.165, 1.54) is 24.4 Å². The number of hydrogen-bond acceptors (Lipinski definition) is 6. The van der Waals surface area contributed by atoms with Crippen molar-refractivity contribution in [2.45, 2.75) is 18.5 Å². The van der Waals surface area contributed by atoms with Gasteiger partial charge in [0.15, 0.2) is 11.6 Å². The van der Waals surface area contributed by atoms with Crippen molar-refractivity contribution >= 4 is 17.5 Å². The van der Waals surface area contributed by atoms with Crippen LogP contribution in [0.2, 0.25) is 0 Å². The number of methoxy groups -OCH3 is 2. The molecule has 0 aliphatic heterocycles. The van der Waals surface area contributed by atoms with Gasteiger partial charge in [0.05, 0.1) is 25.5 Å². The minimum absolute atomic E-state index is 0.0746. The lowest BCUT2D eigenvalue weighted by Crippen LogP contribution is -2.05. The van der Waals surface area contributed by atoms with Crippen LogP contribution in [-0.2, 0) is 6.42 Å². The summed E-state index contributed by atoms with van der Waals surface area (Å²) in [5.41, 5.74) is 2.72. The molecule has 1 heterocycles. The number of hydrogen-bond donors (Lipinski definition) is 1. The van der Waals surface area contributed by atoms with Crippen molar-refractivity contribution in [1.29, 1.82) is 0 Å². The molecule has 0 atom stereocenters. The molecule has 140 valence electrons. The highest BCUT2D eigenvalue weighted by Gasteiger charge is 2.15. The van der Waals surface area contributed by atoms with Gasteiger partial charge in [0.2, 0.25) is 5.16 Å². The maximum absolute atomic E-state index is 12.6. The highest BCUT2D eigenvalue weighted by molar-refractivity contribution is 7.99. The number of aromatic amines is 1. The normalized spacial score (nSPS) is 10.6. The van der Waals surface area contributed by atoms with E-state index in [2.05, 4.69) is 34.2 Å². The fraction of sp³-hybridized carbons (Fsp3) is 0.250. The van der Waals surface area contributed by atoms with E-state index < -0.39 is 0 Å². The second-order valence-corrected chi connectivity index (χ2v) is 6.74. The summed E-state index contributed by atoms with van der Waals surface area (Å²) in [6, 6.07) is 13.3. The summed E-state index contributed by atoms with van der Waals surface area (Å²) in [6.45, 7) is 2.12. The van der Waals surface area contributed by atoms with E-state index >= 15 is 0 Å². The molecular weight excluding hydrogens is 362 g/mol. The Kier molecular flexibility index (Phi) is 6.13. The number of aromatic nitrogens is 3. The molecule has 3 aromatic rings. The molecule has 0 saturated heterocycles. The zero-order valence-electron chi connectivity index (χ0n) is 15.5. The van der Waals surface area contributed by atoms with Crippen molar-refractivity contribution in [3.05, 3.63) is 53.6 Å². The van der Waals surface area contributed by atoms with E-state index in [-0.39, 0.29) is 11.5 Å². The zero-order chi connectivity index (χ0) is 19.2. The Bertz CT molecular complexity index is 922. The monoisotopic (exact) mass is 383 g/mol. The Labute approximate surface area is 162 Å². The van der Waals surface area contributed by atoms with Gasteiger partial charge in [-0.3, -0.25) is 9.89 Å². The molecule has 7 heteroatoms. The SMILES string of the molecule is CCc1ccc(-c2nc(SCC(=O)c3cc(OC)ccc3OC)n[nH]2)cc1. The summed E-state index contributed by atoms with van der Waals surface area (Å²) in [7, 11) is 3.10. The molecular formula is C20H21N3O3S. The lowest BCUT2D eigenvalue weighted by molar-refractivity contribution is 0.101. The second-order valence-electron chi connectivity index (χ2n) is 5.80. The minimum Gasteiger partial charge on any atom is -0.497 e. The molecule has 0 radical (unpaired) electrons. The molecule has 0 spiro atoms. The summed E-state index contributed by atoms with van der Waals surface area (Å²) in [5.74, 6) is 1.95. The number of nitrogens with one attached hydrogen (secondary N) is 1. The Balaban J connectivity index is 1.68. The second kappa shape index (κ2) is 8.73. The van der Waals surface area contributed by atoms with Crippen molar-refractivity contribution in [3.63, 3.8) is 0 Å². The Hall–Kier alpha value is -2.80. The predicted molar refractivity (Wildman–Crippen MR) is 106 cm³/mol. The molecule has 6 nitrogen and oxygen atoms in total. The number of thioether (sulfide) groups is 1. The van der Waals surface area contributed by atoms with Crippen LogP contribution in [0.25, 0.3) is 11.4 Å². The van der Waals surface area contributed by atoms with E-state index in [4.69, 9.17) is 9.47 Å². The van der Waals surface area contributed by atoms with Crippen LogP contribution in [0.3, 0.4) is 0 Å². The first kappa shape index (κ1) is 19.0. The molecule has 0 saturated carbocycles. The first-order chi connectivity index (χ1) is 13.1. The molecule has 1 N–H and O–H groups in total. The number of ether oxygens (including phenoxy) is 2. The average Bonchev–Trinajstić information content (AvgIpc) is 3.20. The molecule has 1 aromatic heterocycles. The van der Waals surface area contributed by atoms with E-state index in [0.29, 0.717) is 28.0 Å². The van der Waals surface area contributed by atoms with Crippen LogP contribution < -0.4 is 9.47 Å². The van der Waals surface area contributed by atoms with Gasteiger partial charge in [-0.2, -0.15) is 0 Å². The highest BCUT2D eigenvalue weighted by Crippen LogP contribution is 2.27. The summed E-state index contributed by atoms with van der Waals surface area (Å²) < 4.78 is 10.5. The number of carbonyl (C=O) groups excluding carboxylic acids is 1. The Morgan fingerprint density at radius 1 is 1.11 bits per heavy atom. The molecule has 27 heavy (non-hydrogen) atoms. The van der Waals surface area contributed by atoms with Crippen LogP contribution in [0.5, 0.6) is 11.5 Å². The quantitative estimate of drug-likeness (QED) is 0.467. The van der Waals surface area contributed by atoms with Gasteiger partial charge in [-0.1, -0.05) is 43.0 Å². The van der Waals surface area contributed by atoms with Crippen LogP contribution >= 0.6 is 11.8 Å². The van der Waals surface area contributed by atoms with Crippen molar-refractivity contribution in [3.8, 4) is 22.9 Å². The van der Waals surface area contributed by atoms with Gasteiger partial charge >= 0.3 is 0 Å². The van der Waals surface area contributed by atoms with Crippen LogP contribution in [0.4, 0.5) is 0 Å². The van der Waals surface area contributed by atoms with E-state index in [1.54, 1.807) is 25.3 Å². The lowest BCUT2D eigenvalue weighted by Gasteiger charge is -2.09. The number of Topliss-reactive ketones (excluding diaryl/α,β-unsaturated/α-hetero) is 1. The fourth-order valence-electron chi connectivity index (χ4n) is 2.58. The van der Waals surface area contributed by atoms with Crippen LogP contribution in [-0.4, -0.2) is 40.9 Å². The van der Waals surface area contributed by atoms with Crippen molar-refractivity contribution in [2.24, 2.45) is 0 Å². The van der Waals surface area contributed by atoms with Gasteiger partial charge in [0, 0.05) is 5.56 Å². The Morgan fingerprint density at radius 3 is 2.56 bits per heavy atom.